The third-order valence-corrected chi connectivity index (χ3v) is 3.47. The van der Waals surface area contributed by atoms with E-state index < -0.39 is 15.8 Å². The number of carbonyl (C=O) groups excluding carboxylic acids is 1. The highest BCUT2D eigenvalue weighted by Crippen LogP contribution is 2.23. The molecule has 0 fully saturated rings. The second-order valence-electron chi connectivity index (χ2n) is 2.23. The van der Waals surface area contributed by atoms with Crippen LogP contribution < -0.4 is 0 Å². The van der Waals surface area contributed by atoms with E-state index in [2.05, 4.69) is 20.3 Å². The first kappa shape index (κ1) is 11.0. The summed E-state index contributed by atoms with van der Waals surface area (Å²) in [6.45, 7) is 0. The van der Waals surface area contributed by atoms with Crippen molar-refractivity contribution in [1.29, 1.82) is 0 Å². The van der Waals surface area contributed by atoms with Crippen molar-refractivity contribution >= 4 is 32.0 Å². The Bertz CT molecular complexity index is 508. The Morgan fingerprint density at radius 1 is 1.43 bits per heavy atom. The second kappa shape index (κ2) is 4.00. The molecule has 0 saturated carbocycles. The topological polar surface area (TPSA) is 63.6 Å². The molecule has 0 saturated heterocycles. The average molecular weight is 280 g/mol. The second-order valence-corrected chi connectivity index (χ2v) is 4.66. The standard InChI is InChI=1S/C7H3BrFNO3S/c8-6-3-5(9)1-2-7(6)14(12,13)10-4-11/h1-3H. The van der Waals surface area contributed by atoms with Crippen LogP contribution in [0, 0.1) is 5.82 Å². The molecule has 7 heteroatoms. The van der Waals surface area contributed by atoms with Gasteiger partial charge in [0.05, 0.1) is 0 Å². The molecular weight excluding hydrogens is 277 g/mol. The Morgan fingerprint density at radius 3 is 2.57 bits per heavy atom. The maximum atomic E-state index is 12.6. The molecule has 0 atom stereocenters. The number of halogens is 2. The molecule has 0 aliphatic heterocycles. The number of nitrogens with zero attached hydrogens (tertiary/aromatic N) is 1. The Hall–Kier alpha value is -1.04. The maximum Gasteiger partial charge on any atom is 0.293 e. The Kier molecular flexibility index (Phi) is 3.15. The molecule has 0 bridgehead atoms. The number of hydrogen-bond acceptors (Lipinski definition) is 3. The van der Waals surface area contributed by atoms with Crippen molar-refractivity contribution < 1.29 is 17.6 Å². The number of benzene rings is 1. The molecule has 0 spiro atoms. The highest BCUT2D eigenvalue weighted by molar-refractivity contribution is 9.10. The lowest BCUT2D eigenvalue weighted by Gasteiger charge is -1.99. The summed E-state index contributed by atoms with van der Waals surface area (Å²) in [5.74, 6) is -0.592. The van der Waals surface area contributed by atoms with Crippen LogP contribution in [0.1, 0.15) is 0 Å². The molecule has 0 aliphatic rings. The van der Waals surface area contributed by atoms with E-state index in [-0.39, 0.29) is 9.37 Å². The highest BCUT2D eigenvalue weighted by Gasteiger charge is 2.16. The summed E-state index contributed by atoms with van der Waals surface area (Å²) in [4.78, 5) is 9.54. The van der Waals surface area contributed by atoms with E-state index in [0.717, 1.165) is 24.3 Å². The molecule has 0 N–H and O–H groups in total. The number of sulfonamides is 1. The van der Waals surface area contributed by atoms with Crippen molar-refractivity contribution in [1.82, 2.24) is 0 Å². The largest absolute Gasteiger partial charge is 0.293 e. The van der Waals surface area contributed by atoms with Crippen LogP contribution in [0.4, 0.5) is 4.39 Å². The van der Waals surface area contributed by atoms with Crippen LogP contribution >= 0.6 is 15.9 Å². The molecule has 14 heavy (non-hydrogen) atoms. The summed E-state index contributed by atoms with van der Waals surface area (Å²) in [5, 5.41) is 0. The lowest BCUT2D eigenvalue weighted by molar-refractivity contribution is 0.563. The maximum absolute atomic E-state index is 12.6. The zero-order chi connectivity index (χ0) is 10.8. The van der Waals surface area contributed by atoms with E-state index >= 15 is 0 Å². The molecule has 4 nitrogen and oxygen atoms in total. The summed E-state index contributed by atoms with van der Waals surface area (Å²) in [6.07, 6.45) is 0.921. The number of isocyanates is 1. The van der Waals surface area contributed by atoms with Crippen molar-refractivity contribution in [3.63, 3.8) is 0 Å². The van der Waals surface area contributed by atoms with Gasteiger partial charge in [-0.1, -0.05) is 4.40 Å². The van der Waals surface area contributed by atoms with E-state index in [1.165, 1.54) is 0 Å². The van der Waals surface area contributed by atoms with Crippen molar-refractivity contribution in [2.75, 3.05) is 0 Å². The van der Waals surface area contributed by atoms with Gasteiger partial charge in [0.15, 0.2) is 0 Å². The normalized spacial score (nSPS) is 10.7. The summed E-state index contributed by atoms with van der Waals surface area (Å²) in [5.41, 5.74) is 0. The van der Waals surface area contributed by atoms with Crippen molar-refractivity contribution in [2.24, 2.45) is 4.40 Å². The summed E-state index contributed by atoms with van der Waals surface area (Å²) < 4.78 is 37.6. The van der Waals surface area contributed by atoms with Crippen molar-refractivity contribution in [2.45, 2.75) is 4.90 Å². The molecule has 74 valence electrons. The molecular formula is C7H3BrFNO3S. The smallest absolute Gasteiger partial charge is 0.210 e. The van der Waals surface area contributed by atoms with Crippen LogP contribution in [0.25, 0.3) is 0 Å². The van der Waals surface area contributed by atoms with Gasteiger partial charge >= 0.3 is 0 Å². The Labute approximate surface area is 87.6 Å². The van der Waals surface area contributed by atoms with E-state index in [0.29, 0.717) is 0 Å². The first-order valence-electron chi connectivity index (χ1n) is 3.26. The average Bonchev–Trinajstić information content (AvgIpc) is 2.02. The lowest BCUT2D eigenvalue weighted by atomic mass is 10.3. The van der Waals surface area contributed by atoms with Gasteiger partial charge in [0.2, 0.25) is 0 Å². The van der Waals surface area contributed by atoms with Crippen molar-refractivity contribution in [3.8, 4) is 0 Å². The van der Waals surface area contributed by atoms with Crippen LogP contribution in [0.15, 0.2) is 32.0 Å². The van der Waals surface area contributed by atoms with Crippen LogP contribution in [0.5, 0.6) is 0 Å². The van der Waals surface area contributed by atoms with E-state index in [4.69, 9.17) is 0 Å². The minimum atomic E-state index is -4.07. The van der Waals surface area contributed by atoms with Gasteiger partial charge in [-0.2, -0.15) is 8.42 Å². The van der Waals surface area contributed by atoms with Gasteiger partial charge in [0.1, 0.15) is 10.7 Å². The van der Waals surface area contributed by atoms with E-state index in [9.17, 15) is 17.6 Å². The van der Waals surface area contributed by atoms with E-state index in [1.54, 1.807) is 0 Å². The Morgan fingerprint density at radius 2 is 2.07 bits per heavy atom. The molecule has 1 aromatic rings. The minimum absolute atomic E-state index is 0.0106. The zero-order valence-corrected chi connectivity index (χ0v) is 8.97. The van der Waals surface area contributed by atoms with Gasteiger partial charge in [-0.15, -0.1) is 0 Å². The van der Waals surface area contributed by atoms with Crippen LogP contribution in [0.3, 0.4) is 0 Å². The third kappa shape index (κ3) is 2.25. The summed E-state index contributed by atoms with van der Waals surface area (Å²) in [7, 11) is -4.07. The third-order valence-electron chi connectivity index (χ3n) is 1.33. The lowest BCUT2D eigenvalue weighted by Crippen LogP contribution is -1.97. The fourth-order valence-electron chi connectivity index (χ4n) is 0.783. The quantitative estimate of drug-likeness (QED) is 0.610. The first-order chi connectivity index (χ1) is 6.47. The molecule has 0 radical (unpaired) electrons. The molecule has 0 aliphatic carbocycles. The predicted octanol–water partition coefficient (Wildman–Crippen LogP) is 1.61. The van der Waals surface area contributed by atoms with Gasteiger partial charge in [-0.3, -0.25) is 0 Å². The zero-order valence-electron chi connectivity index (χ0n) is 6.57. The predicted molar refractivity (Wildman–Crippen MR) is 49.4 cm³/mol. The van der Waals surface area contributed by atoms with Crippen LogP contribution in [-0.2, 0) is 14.8 Å². The fourth-order valence-corrected chi connectivity index (χ4v) is 2.49. The minimum Gasteiger partial charge on any atom is -0.210 e. The highest BCUT2D eigenvalue weighted by atomic mass is 79.9. The molecule has 0 heterocycles. The van der Waals surface area contributed by atoms with Gasteiger partial charge in [-0.25, -0.2) is 9.18 Å². The monoisotopic (exact) mass is 279 g/mol. The first-order valence-corrected chi connectivity index (χ1v) is 5.50. The molecule has 1 rings (SSSR count). The molecule has 0 aromatic heterocycles. The van der Waals surface area contributed by atoms with Crippen LogP contribution in [0.2, 0.25) is 0 Å². The molecule has 1 aromatic carbocycles. The van der Waals surface area contributed by atoms with Gasteiger partial charge in [0, 0.05) is 4.47 Å². The number of hydrogen-bond donors (Lipinski definition) is 0. The summed E-state index contributed by atoms with van der Waals surface area (Å²) in [6, 6.07) is 2.93. The summed E-state index contributed by atoms with van der Waals surface area (Å²) >= 11 is 2.84. The van der Waals surface area contributed by atoms with Crippen LogP contribution in [-0.4, -0.2) is 14.5 Å². The van der Waals surface area contributed by atoms with Gasteiger partial charge in [0.25, 0.3) is 16.1 Å². The molecule has 0 amide bonds. The van der Waals surface area contributed by atoms with Gasteiger partial charge in [-0.05, 0) is 34.1 Å². The Balaban J connectivity index is 3.41. The van der Waals surface area contributed by atoms with Gasteiger partial charge < -0.3 is 0 Å². The number of rotatable bonds is 2. The SMILES string of the molecule is O=C=NS(=O)(=O)c1ccc(F)cc1Br. The molecule has 0 unspecified atom stereocenters. The van der Waals surface area contributed by atoms with Crippen molar-refractivity contribution in [3.05, 3.63) is 28.5 Å². The fraction of sp³-hybridized carbons (Fsp3) is 0. The van der Waals surface area contributed by atoms with E-state index in [1.807, 2.05) is 0 Å².